The van der Waals surface area contributed by atoms with Crippen molar-refractivity contribution in [2.24, 2.45) is 0 Å². The maximum atomic E-state index is 11.2. The van der Waals surface area contributed by atoms with E-state index in [9.17, 15) is 9.90 Å². The van der Waals surface area contributed by atoms with Crippen molar-refractivity contribution in [3.05, 3.63) is 0 Å². The molecule has 26 heavy (non-hydrogen) atoms. The Morgan fingerprint density at radius 2 is 1.35 bits per heavy atom. The lowest BCUT2D eigenvalue weighted by atomic mass is 9.99. The normalized spacial score (nSPS) is 13.5. The molecule has 2 unspecified atom stereocenters. The van der Waals surface area contributed by atoms with Crippen molar-refractivity contribution >= 4 is 5.97 Å². The van der Waals surface area contributed by atoms with Gasteiger partial charge in [-0.15, -0.1) is 0 Å². The van der Waals surface area contributed by atoms with Gasteiger partial charge in [-0.25, -0.2) is 0 Å². The Balaban J connectivity index is 3.70. The fourth-order valence-electron chi connectivity index (χ4n) is 3.30. The molecule has 0 spiro atoms. The van der Waals surface area contributed by atoms with Gasteiger partial charge in [-0.05, 0) is 33.1 Å². The second-order valence-corrected chi connectivity index (χ2v) is 7.23. The minimum Gasteiger partial charge on any atom is -0.466 e. The number of hydrogen-bond acceptors (Lipinski definition) is 4. The lowest BCUT2D eigenvalue weighted by molar-refractivity contribution is -0.143. The van der Waals surface area contributed by atoms with E-state index in [1.807, 2.05) is 13.8 Å². The van der Waals surface area contributed by atoms with Gasteiger partial charge in [0.2, 0.25) is 0 Å². The summed E-state index contributed by atoms with van der Waals surface area (Å²) < 4.78 is 10.7. The van der Waals surface area contributed by atoms with E-state index < -0.39 is 0 Å². The van der Waals surface area contributed by atoms with Gasteiger partial charge in [-0.2, -0.15) is 0 Å². The zero-order valence-electron chi connectivity index (χ0n) is 17.6. The molecular weight excluding hydrogens is 328 g/mol. The Hall–Kier alpha value is -0.610. The lowest BCUT2D eigenvalue weighted by Gasteiger charge is -2.23. The maximum Gasteiger partial charge on any atom is 0.305 e. The third-order valence-corrected chi connectivity index (χ3v) is 4.84. The number of unbranched alkanes of at least 4 members (excludes halogenated alkanes) is 9. The van der Waals surface area contributed by atoms with Crippen LogP contribution in [0.2, 0.25) is 0 Å². The maximum absolute atomic E-state index is 11.2. The smallest absolute Gasteiger partial charge is 0.305 e. The zero-order valence-corrected chi connectivity index (χ0v) is 17.6. The molecule has 0 radical (unpaired) electrons. The van der Waals surface area contributed by atoms with Gasteiger partial charge in [-0.1, -0.05) is 71.1 Å². The summed E-state index contributed by atoms with van der Waals surface area (Å²) in [6.07, 6.45) is 14.8. The summed E-state index contributed by atoms with van der Waals surface area (Å²) in [4.78, 5) is 11.2. The van der Waals surface area contributed by atoms with Crippen LogP contribution in [-0.4, -0.2) is 36.5 Å². The van der Waals surface area contributed by atoms with Crippen LogP contribution in [0.1, 0.15) is 111 Å². The quantitative estimate of drug-likeness (QED) is 0.230. The minimum atomic E-state index is -0.342. The molecule has 2 atom stereocenters. The Morgan fingerprint density at radius 3 is 1.96 bits per heavy atom. The first-order chi connectivity index (χ1) is 12.7. The van der Waals surface area contributed by atoms with Crippen LogP contribution < -0.4 is 0 Å². The van der Waals surface area contributed by atoms with Crippen LogP contribution in [0.25, 0.3) is 0 Å². The number of carbonyl (C=O) groups is 1. The van der Waals surface area contributed by atoms with Gasteiger partial charge in [0.15, 0.2) is 0 Å². The first-order valence-electron chi connectivity index (χ1n) is 11.1. The highest BCUT2D eigenvalue weighted by atomic mass is 16.5. The van der Waals surface area contributed by atoms with E-state index in [4.69, 9.17) is 9.47 Å². The van der Waals surface area contributed by atoms with Crippen molar-refractivity contribution < 1.29 is 19.4 Å². The van der Waals surface area contributed by atoms with Crippen molar-refractivity contribution in [3.8, 4) is 0 Å². The third-order valence-electron chi connectivity index (χ3n) is 4.84. The zero-order chi connectivity index (χ0) is 19.5. The van der Waals surface area contributed by atoms with Crippen molar-refractivity contribution in [1.29, 1.82) is 0 Å². The Morgan fingerprint density at radius 1 is 0.769 bits per heavy atom. The number of aliphatic hydroxyl groups excluding tert-OH is 1. The summed E-state index contributed by atoms with van der Waals surface area (Å²) in [5.41, 5.74) is 0. The summed E-state index contributed by atoms with van der Waals surface area (Å²) in [7, 11) is 0. The molecule has 4 heteroatoms. The van der Waals surface area contributed by atoms with Crippen LogP contribution in [0.4, 0.5) is 0 Å². The van der Waals surface area contributed by atoms with Gasteiger partial charge >= 0.3 is 5.97 Å². The Labute approximate surface area is 162 Å². The predicted octanol–water partition coefficient (Wildman–Crippen LogP) is 5.80. The molecule has 0 fully saturated rings. The molecule has 0 aromatic carbocycles. The molecule has 0 bridgehead atoms. The molecule has 0 aliphatic rings. The standard InChI is InChI=1S/C22H44O4/c1-4-7-8-9-12-15-18-21(25-5-2)20(23)17-14-11-10-13-16-19-22(24)26-6-3/h20-21,23H,4-19H2,1-3H3. The summed E-state index contributed by atoms with van der Waals surface area (Å²) in [6.45, 7) is 7.22. The molecule has 0 aromatic rings. The molecule has 4 nitrogen and oxygen atoms in total. The molecule has 0 aromatic heterocycles. The second-order valence-electron chi connectivity index (χ2n) is 7.23. The average molecular weight is 373 g/mol. The van der Waals surface area contributed by atoms with Crippen LogP contribution >= 0.6 is 0 Å². The monoisotopic (exact) mass is 372 g/mol. The summed E-state index contributed by atoms with van der Waals surface area (Å²) in [6, 6.07) is 0. The first kappa shape index (κ1) is 25.4. The van der Waals surface area contributed by atoms with Gasteiger partial charge < -0.3 is 14.6 Å². The van der Waals surface area contributed by atoms with Crippen LogP contribution in [0.15, 0.2) is 0 Å². The Kier molecular flexibility index (Phi) is 18.7. The van der Waals surface area contributed by atoms with Crippen molar-refractivity contribution in [3.63, 3.8) is 0 Å². The number of hydrogen-bond donors (Lipinski definition) is 1. The van der Waals surface area contributed by atoms with Crippen molar-refractivity contribution in [1.82, 2.24) is 0 Å². The van der Waals surface area contributed by atoms with E-state index in [1.165, 1.54) is 32.1 Å². The Bertz CT molecular complexity index is 307. The van der Waals surface area contributed by atoms with Gasteiger partial charge in [0.25, 0.3) is 0 Å². The van der Waals surface area contributed by atoms with E-state index in [2.05, 4.69) is 6.92 Å². The van der Waals surface area contributed by atoms with Gasteiger partial charge in [0.1, 0.15) is 0 Å². The first-order valence-corrected chi connectivity index (χ1v) is 11.1. The van der Waals surface area contributed by atoms with E-state index in [0.29, 0.717) is 19.6 Å². The molecule has 0 saturated heterocycles. The highest BCUT2D eigenvalue weighted by molar-refractivity contribution is 5.69. The number of esters is 1. The lowest BCUT2D eigenvalue weighted by Crippen LogP contribution is -2.29. The predicted molar refractivity (Wildman–Crippen MR) is 108 cm³/mol. The molecule has 0 saturated carbocycles. The van der Waals surface area contributed by atoms with E-state index >= 15 is 0 Å². The van der Waals surface area contributed by atoms with Crippen LogP contribution in [0.3, 0.4) is 0 Å². The van der Waals surface area contributed by atoms with Crippen molar-refractivity contribution in [2.75, 3.05) is 13.2 Å². The highest BCUT2D eigenvalue weighted by Crippen LogP contribution is 2.17. The van der Waals surface area contributed by atoms with Crippen LogP contribution in [0.5, 0.6) is 0 Å². The van der Waals surface area contributed by atoms with E-state index in [0.717, 1.165) is 51.4 Å². The van der Waals surface area contributed by atoms with Gasteiger partial charge in [0, 0.05) is 13.0 Å². The molecule has 0 rings (SSSR count). The molecular formula is C22H44O4. The number of rotatable bonds is 19. The van der Waals surface area contributed by atoms with E-state index in [-0.39, 0.29) is 18.2 Å². The number of carbonyl (C=O) groups excluding carboxylic acids is 1. The third kappa shape index (κ3) is 15.6. The van der Waals surface area contributed by atoms with E-state index in [1.54, 1.807) is 0 Å². The molecule has 0 aliphatic carbocycles. The summed E-state index contributed by atoms with van der Waals surface area (Å²) >= 11 is 0. The van der Waals surface area contributed by atoms with Crippen molar-refractivity contribution in [2.45, 2.75) is 123 Å². The molecule has 1 N–H and O–H groups in total. The fraction of sp³-hybridized carbons (Fsp3) is 0.955. The molecule has 156 valence electrons. The summed E-state index contributed by atoms with van der Waals surface area (Å²) in [5, 5.41) is 10.4. The second kappa shape index (κ2) is 19.2. The highest BCUT2D eigenvalue weighted by Gasteiger charge is 2.18. The molecule has 0 heterocycles. The number of aliphatic hydroxyl groups is 1. The minimum absolute atomic E-state index is 0.00464. The fourth-order valence-corrected chi connectivity index (χ4v) is 3.30. The SMILES string of the molecule is CCCCCCCCC(OCC)C(O)CCCCCCCC(=O)OCC. The van der Waals surface area contributed by atoms with Crippen LogP contribution in [0, 0.1) is 0 Å². The largest absolute Gasteiger partial charge is 0.466 e. The summed E-state index contributed by atoms with van der Waals surface area (Å²) in [5.74, 6) is -0.0860. The molecule has 0 aliphatic heterocycles. The molecule has 0 amide bonds. The number of ether oxygens (including phenoxy) is 2. The van der Waals surface area contributed by atoms with Crippen LogP contribution in [-0.2, 0) is 14.3 Å². The van der Waals surface area contributed by atoms with Gasteiger partial charge in [0.05, 0.1) is 18.8 Å². The topological polar surface area (TPSA) is 55.8 Å². The average Bonchev–Trinajstić information content (AvgIpc) is 2.62. The van der Waals surface area contributed by atoms with Gasteiger partial charge in [-0.3, -0.25) is 4.79 Å².